The first-order valence-corrected chi connectivity index (χ1v) is 14.0. The van der Waals surface area contributed by atoms with E-state index in [2.05, 4.69) is 33.9 Å². The van der Waals surface area contributed by atoms with Gasteiger partial charge in [-0.3, -0.25) is 0 Å². The van der Waals surface area contributed by atoms with Gasteiger partial charge in [0.1, 0.15) is 0 Å². The van der Waals surface area contributed by atoms with E-state index in [1.54, 1.807) is 6.04 Å². The third-order valence-corrected chi connectivity index (χ3v) is 8.33. The van der Waals surface area contributed by atoms with Crippen LogP contribution in [0.2, 0.25) is 25.2 Å². The highest BCUT2D eigenvalue weighted by molar-refractivity contribution is 6.77. The lowest BCUT2D eigenvalue weighted by atomic mass is 10.1. The lowest BCUT2D eigenvalue weighted by molar-refractivity contribution is 0.130. The summed E-state index contributed by atoms with van der Waals surface area (Å²) in [4.78, 5) is 0. The van der Waals surface area contributed by atoms with Crippen LogP contribution in [0.5, 0.6) is 0 Å². The molecule has 0 N–H and O–H groups in total. The summed E-state index contributed by atoms with van der Waals surface area (Å²) in [6.45, 7) is 14.0. The van der Waals surface area contributed by atoms with Crippen LogP contribution in [0.15, 0.2) is 0 Å². The quantitative estimate of drug-likeness (QED) is 0.194. The summed E-state index contributed by atoms with van der Waals surface area (Å²) in [6, 6.07) is 3.06. The van der Waals surface area contributed by atoms with Crippen LogP contribution in [0.3, 0.4) is 0 Å². The van der Waals surface area contributed by atoms with Crippen LogP contribution >= 0.6 is 0 Å². The summed E-state index contributed by atoms with van der Waals surface area (Å²) in [5.41, 5.74) is 0. The molecule has 0 aliphatic heterocycles. The van der Waals surface area contributed by atoms with Crippen LogP contribution in [-0.4, -0.2) is 21.3 Å². The average molecular weight is 343 g/mol. The number of unbranched alkanes of at least 4 members (excludes halogenated alkanes) is 9. The molecule has 0 radical (unpaired) electrons. The van der Waals surface area contributed by atoms with Crippen molar-refractivity contribution in [2.45, 2.75) is 117 Å². The van der Waals surface area contributed by atoms with Crippen LogP contribution in [-0.2, 0) is 4.74 Å². The number of ether oxygens (including phenoxy) is 1. The van der Waals surface area contributed by atoms with Crippen LogP contribution in [0.25, 0.3) is 0 Å². The zero-order valence-corrected chi connectivity index (χ0v) is 18.1. The lowest BCUT2D eigenvalue weighted by Gasteiger charge is -2.24. The first kappa shape index (κ1) is 23.2. The van der Waals surface area contributed by atoms with E-state index >= 15 is 0 Å². The Hall–Kier alpha value is 0.177. The van der Waals surface area contributed by atoms with Gasteiger partial charge in [-0.05, 0) is 18.8 Å². The minimum absolute atomic E-state index is 0.879. The third-order valence-electron chi connectivity index (χ3n) is 4.70. The van der Waals surface area contributed by atoms with Gasteiger partial charge in [0, 0.05) is 21.3 Å². The second kappa shape index (κ2) is 15.7. The fourth-order valence-electron chi connectivity index (χ4n) is 3.68. The maximum absolute atomic E-state index is 5.51. The molecule has 0 aliphatic rings. The van der Waals surface area contributed by atoms with Gasteiger partial charge >= 0.3 is 0 Å². The fraction of sp³-hybridized carbons (Fsp3) is 1.00. The Kier molecular flexibility index (Phi) is 15.8. The number of rotatable bonds is 17. The standard InChI is InChI=1S/C21H46OSi/c1-6-17-22-18-15-13-11-9-7-8-10-12-14-16-19-23(4,5)20-21(2)3/h21H,6-20H2,1-5H3. The molecule has 1 nitrogen and oxygen atoms in total. The number of hydrogen-bond donors (Lipinski definition) is 0. The Morgan fingerprint density at radius 2 is 1.17 bits per heavy atom. The van der Waals surface area contributed by atoms with Crippen LogP contribution in [0.4, 0.5) is 0 Å². The molecule has 0 fully saturated rings. The Balaban J connectivity index is 3.19. The predicted octanol–water partition coefficient (Wildman–Crippen LogP) is 7.68. The summed E-state index contributed by atoms with van der Waals surface area (Å²) < 4.78 is 5.51. The highest BCUT2D eigenvalue weighted by atomic mass is 28.3. The Morgan fingerprint density at radius 1 is 0.696 bits per heavy atom. The molecule has 2 heteroatoms. The third kappa shape index (κ3) is 18.4. The van der Waals surface area contributed by atoms with Crippen LogP contribution in [0.1, 0.15) is 91.4 Å². The van der Waals surface area contributed by atoms with Crippen molar-refractivity contribution < 1.29 is 4.74 Å². The second-order valence-corrected chi connectivity index (χ2v) is 13.9. The Bertz CT molecular complexity index is 238. The van der Waals surface area contributed by atoms with E-state index < -0.39 is 8.07 Å². The summed E-state index contributed by atoms with van der Waals surface area (Å²) in [7, 11) is -0.879. The van der Waals surface area contributed by atoms with Crippen molar-refractivity contribution in [3.8, 4) is 0 Å². The van der Waals surface area contributed by atoms with Gasteiger partial charge in [-0.25, -0.2) is 0 Å². The van der Waals surface area contributed by atoms with Gasteiger partial charge in [-0.15, -0.1) is 0 Å². The van der Waals surface area contributed by atoms with Crippen molar-refractivity contribution in [1.82, 2.24) is 0 Å². The molecule has 0 aliphatic carbocycles. The predicted molar refractivity (Wildman–Crippen MR) is 109 cm³/mol. The average Bonchev–Trinajstić information content (AvgIpc) is 2.46. The topological polar surface area (TPSA) is 9.23 Å². The minimum Gasteiger partial charge on any atom is -0.381 e. The van der Waals surface area contributed by atoms with Crippen molar-refractivity contribution in [1.29, 1.82) is 0 Å². The molecule has 0 rings (SSSR count). The molecular weight excluding hydrogens is 296 g/mol. The van der Waals surface area contributed by atoms with Gasteiger partial charge in [0.25, 0.3) is 0 Å². The normalized spacial score (nSPS) is 12.3. The van der Waals surface area contributed by atoms with E-state index in [9.17, 15) is 0 Å². The zero-order valence-electron chi connectivity index (χ0n) is 17.1. The molecule has 0 bridgehead atoms. The highest BCUT2D eigenvalue weighted by Crippen LogP contribution is 2.24. The molecule has 0 atom stereocenters. The van der Waals surface area contributed by atoms with Gasteiger partial charge in [-0.1, -0.05) is 104 Å². The molecule has 23 heavy (non-hydrogen) atoms. The molecule has 0 aromatic carbocycles. The van der Waals surface area contributed by atoms with E-state index in [1.165, 1.54) is 70.3 Å². The van der Waals surface area contributed by atoms with Gasteiger partial charge in [0.05, 0.1) is 0 Å². The van der Waals surface area contributed by atoms with Crippen molar-refractivity contribution in [2.24, 2.45) is 5.92 Å². The van der Waals surface area contributed by atoms with Crippen molar-refractivity contribution >= 4 is 8.07 Å². The Labute approximate surface area is 149 Å². The highest BCUT2D eigenvalue weighted by Gasteiger charge is 2.20. The van der Waals surface area contributed by atoms with Gasteiger partial charge in [0.2, 0.25) is 0 Å². The fourth-order valence-corrected chi connectivity index (χ4v) is 7.30. The second-order valence-electron chi connectivity index (χ2n) is 8.66. The van der Waals surface area contributed by atoms with Crippen LogP contribution in [0, 0.1) is 5.92 Å². The zero-order chi connectivity index (χ0) is 17.4. The Morgan fingerprint density at radius 3 is 1.65 bits per heavy atom. The largest absolute Gasteiger partial charge is 0.381 e. The van der Waals surface area contributed by atoms with Crippen molar-refractivity contribution in [3.05, 3.63) is 0 Å². The molecule has 0 saturated heterocycles. The minimum atomic E-state index is -0.879. The summed E-state index contributed by atoms with van der Waals surface area (Å²) >= 11 is 0. The molecular formula is C21H46OSi. The van der Waals surface area contributed by atoms with E-state index in [4.69, 9.17) is 4.74 Å². The van der Waals surface area contributed by atoms with Crippen LogP contribution < -0.4 is 0 Å². The first-order valence-electron chi connectivity index (χ1n) is 10.6. The van der Waals surface area contributed by atoms with E-state index in [0.29, 0.717) is 0 Å². The van der Waals surface area contributed by atoms with Gasteiger partial charge < -0.3 is 4.74 Å². The maximum atomic E-state index is 5.51. The van der Waals surface area contributed by atoms with E-state index in [0.717, 1.165) is 25.6 Å². The molecule has 0 aromatic heterocycles. The van der Waals surface area contributed by atoms with Crippen molar-refractivity contribution in [2.75, 3.05) is 13.2 Å². The molecule has 0 spiro atoms. The smallest absolute Gasteiger partial charge is 0.0476 e. The number of hydrogen-bond acceptors (Lipinski definition) is 1. The summed E-state index contributed by atoms with van der Waals surface area (Å²) in [5, 5.41) is 0. The van der Waals surface area contributed by atoms with E-state index in [-0.39, 0.29) is 0 Å². The van der Waals surface area contributed by atoms with E-state index in [1.807, 2.05) is 0 Å². The molecule has 0 aromatic rings. The molecule has 0 heterocycles. The molecule has 0 unspecified atom stereocenters. The molecule has 0 saturated carbocycles. The lowest BCUT2D eigenvalue weighted by Crippen LogP contribution is -2.26. The summed E-state index contributed by atoms with van der Waals surface area (Å²) in [6.07, 6.45) is 15.4. The SMILES string of the molecule is CCCOCCCCCCCCCCCC[Si](C)(C)CC(C)C. The maximum Gasteiger partial charge on any atom is 0.0476 e. The van der Waals surface area contributed by atoms with Gasteiger partial charge in [-0.2, -0.15) is 0 Å². The monoisotopic (exact) mass is 342 g/mol. The van der Waals surface area contributed by atoms with Gasteiger partial charge in [0.15, 0.2) is 0 Å². The first-order chi connectivity index (χ1) is 11.0. The molecule has 140 valence electrons. The summed E-state index contributed by atoms with van der Waals surface area (Å²) in [5.74, 6) is 0.898. The van der Waals surface area contributed by atoms with Crippen molar-refractivity contribution in [3.63, 3.8) is 0 Å². The molecule has 0 amide bonds.